The smallest absolute Gasteiger partial charge is 0.253 e. The van der Waals surface area contributed by atoms with Crippen molar-refractivity contribution in [2.24, 2.45) is 0 Å². The normalized spacial score (nSPS) is 17.3. The van der Waals surface area contributed by atoms with Gasteiger partial charge in [-0.2, -0.15) is 5.10 Å². The Hall–Kier alpha value is -2.95. The van der Waals surface area contributed by atoms with Crippen LogP contribution in [0.3, 0.4) is 0 Å². The minimum atomic E-state index is 0.0983. The van der Waals surface area contributed by atoms with Crippen LogP contribution in [0.4, 0.5) is 0 Å². The summed E-state index contributed by atoms with van der Waals surface area (Å²) in [6.45, 7) is 3.48. The number of likely N-dealkylation sites (tertiary alicyclic amines) is 1. The molecule has 1 amide bonds. The molecule has 1 saturated heterocycles. The van der Waals surface area contributed by atoms with Crippen LogP contribution in [0, 0.1) is 6.92 Å². The molecule has 2 heterocycles. The maximum Gasteiger partial charge on any atom is 0.253 e. The molecule has 0 aliphatic carbocycles. The summed E-state index contributed by atoms with van der Waals surface area (Å²) in [4.78, 5) is 19.5. The molecule has 0 spiro atoms. The molecule has 5 nitrogen and oxygen atoms in total. The lowest BCUT2D eigenvalue weighted by Crippen LogP contribution is -2.39. The van der Waals surface area contributed by atoms with Gasteiger partial charge in [-0.15, -0.1) is 0 Å². The number of aryl methyl sites for hydroxylation is 1. The van der Waals surface area contributed by atoms with Gasteiger partial charge in [-0.25, -0.2) is 4.98 Å². The van der Waals surface area contributed by atoms with Gasteiger partial charge < -0.3 is 4.90 Å². The molecule has 1 aliphatic heterocycles. The van der Waals surface area contributed by atoms with E-state index < -0.39 is 0 Å². The first-order valence-electron chi connectivity index (χ1n) is 9.04. The Morgan fingerprint density at radius 1 is 1.15 bits per heavy atom. The number of aromatic amines is 1. The first-order valence-corrected chi connectivity index (χ1v) is 9.04. The topological polar surface area (TPSA) is 61.9 Å². The monoisotopic (exact) mass is 346 g/mol. The van der Waals surface area contributed by atoms with E-state index in [1.807, 2.05) is 66.4 Å². The fourth-order valence-electron chi connectivity index (χ4n) is 3.52. The molecule has 4 rings (SSSR count). The van der Waals surface area contributed by atoms with E-state index in [-0.39, 0.29) is 11.8 Å². The number of rotatable bonds is 3. The average molecular weight is 346 g/mol. The van der Waals surface area contributed by atoms with Crippen LogP contribution in [0.5, 0.6) is 0 Å². The summed E-state index contributed by atoms with van der Waals surface area (Å²) >= 11 is 0. The number of nitrogens with one attached hydrogen (secondary N) is 1. The van der Waals surface area contributed by atoms with Gasteiger partial charge in [0.15, 0.2) is 5.82 Å². The average Bonchev–Trinajstić information content (AvgIpc) is 3.18. The number of benzene rings is 2. The van der Waals surface area contributed by atoms with Crippen LogP contribution < -0.4 is 0 Å². The highest BCUT2D eigenvalue weighted by molar-refractivity contribution is 5.94. The second-order valence-corrected chi connectivity index (χ2v) is 6.87. The van der Waals surface area contributed by atoms with Crippen molar-refractivity contribution in [3.63, 3.8) is 0 Å². The Morgan fingerprint density at radius 2 is 2.00 bits per heavy atom. The quantitative estimate of drug-likeness (QED) is 0.785. The molecule has 2 aromatic carbocycles. The second-order valence-electron chi connectivity index (χ2n) is 6.87. The minimum absolute atomic E-state index is 0.0983. The van der Waals surface area contributed by atoms with Gasteiger partial charge in [0, 0.05) is 30.1 Å². The van der Waals surface area contributed by atoms with E-state index in [1.165, 1.54) is 0 Å². The van der Waals surface area contributed by atoms with Gasteiger partial charge in [0.05, 0.1) is 0 Å². The van der Waals surface area contributed by atoms with Gasteiger partial charge in [-0.05, 0) is 31.9 Å². The van der Waals surface area contributed by atoms with Crippen LogP contribution in [0.2, 0.25) is 0 Å². The Morgan fingerprint density at radius 3 is 2.81 bits per heavy atom. The molecule has 0 radical (unpaired) electrons. The lowest BCUT2D eigenvalue weighted by molar-refractivity contribution is 0.0704. The number of carbonyl (C=O) groups excluding carboxylic acids is 1. The molecule has 1 aliphatic rings. The largest absolute Gasteiger partial charge is 0.338 e. The lowest BCUT2D eigenvalue weighted by Gasteiger charge is -2.31. The van der Waals surface area contributed by atoms with Gasteiger partial charge in [0.25, 0.3) is 5.91 Å². The third-order valence-corrected chi connectivity index (χ3v) is 4.90. The molecule has 1 unspecified atom stereocenters. The number of hydrogen-bond acceptors (Lipinski definition) is 3. The zero-order valence-electron chi connectivity index (χ0n) is 14.9. The number of nitrogens with zero attached hydrogens (tertiary/aromatic N) is 3. The van der Waals surface area contributed by atoms with Crippen LogP contribution in [0.15, 0.2) is 54.6 Å². The summed E-state index contributed by atoms with van der Waals surface area (Å²) < 4.78 is 0. The predicted octanol–water partition coefficient (Wildman–Crippen LogP) is 3.80. The van der Waals surface area contributed by atoms with E-state index in [4.69, 9.17) is 0 Å². The van der Waals surface area contributed by atoms with E-state index in [0.717, 1.165) is 41.9 Å². The molecular weight excluding hydrogens is 324 g/mol. The summed E-state index contributed by atoms with van der Waals surface area (Å²) in [5.74, 6) is 1.87. The van der Waals surface area contributed by atoms with Crippen molar-refractivity contribution in [1.29, 1.82) is 0 Å². The molecule has 1 aromatic heterocycles. The van der Waals surface area contributed by atoms with E-state index >= 15 is 0 Å². The molecule has 132 valence electrons. The van der Waals surface area contributed by atoms with Gasteiger partial charge in [0.1, 0.15) is 5.82 Å². The van der Waals surface area contributed by atoms with Crippen molar-refractivity contribution in [1.82, 2.24) is 20.1 Å². The van der Waals surface area contributed by atoms with E-state index in [9.17, 15) is 4.79 Å². The number of amides is 1. The molecule has 26 heavy (non-hydrogen) atoms. The molecule has 1 N–H and O–H groups in total. The minimum Gasteiger partial charge on any atom is -0.338 e. The molecule has 1 fully saturated rings. The third-order valence-electron chi connectivity index (χ3n) is 4.90. The summed E-state index contributed by atoms with van der Waals surface area (Å²) in [5.41, 5.74) is 2.86. The third kappa shape index (κ3) is 3.38. The Balaban J connectivity index is 1.50. The molecular formula is C21H22N4O. The molecule has 0 saturated carbocycles. The Labute approximate surface area is 153 Å². The van der Waals surface area contributed by atoms with E-state index in [0.29, 0.717) is 12.4 Å². The summed E-state index contributed by atoms with van der Waals surface area (Å²) in [5, 5.41) is 7.44. The van der Waals surface area contributed by atoms with Crippen molar-refractivity contribution in [3.05, 3.63) is 71.5 Å². The number of carbonyl (C=O) groups is 1. The highest BCUT2D eigenvalue weighted by atomic mass is 16.2. The number of H-pyrrole nitrogens is 1. The summed E-state index contributed by atoms with van der Waals surface area (Å²) in [7, 11) is 0. The van der Waals surface area contributed by atoms with E-state index in [2.05, 4.69) is 15.2 Å². The van der Waals surface area contributed by atoms with Crippen LogP contribution in [0.1, 0.15) is 40.5 Å². The molecule has 5 heteroatoms. The number of hydrogen-bond donors (Lipinski definition) is 1. The van der Waals surface area contributed by atoms with Crippen molar-refractivity contribution in [2.75, 3.05) is 13.1 Å². The fourth-order valence-corrected chi connectivity index (χ4v) is 3.52. The van der Waals surface area contributed by atoms with Crippen LogP contribution >= 0.6 is 0 Å². The van der Waals surface area contributed by atoms with Crippen LogP contribution in [0.25, 0.3) is 11.4 Å². The van der Waals surface area contributed by atoms with Crippen LogP contribution in [-0.4, -0.2) is 39.1 Å². The van der Waals surface area contributed by atoms with Gasteiger partial charge in [-0.3, -0.25) is 9.89 Å². The van der Waals surface area contributed by atoms with Crippen molar-refractivity contribution >= 4 is 5.91 Å². The van der Waals surface area contributed by atoms with Crippen molar-refractivity contribution in [2.45, 2.75) is 25.7 Å². The van der Waals surface area contributed by atoms with Crippen molar-refractivity contribution < 1.29 is 4.79 Å². The standard InChI is InChI=1S/C21H22N4O/c1-15-7-5-10-17(13-15)21(26)25-12-6-11-18(14-25)20-22-19(23-24-20)16-8-3-2-4-9-16/h2-5,7-10,13,18H,6,11-12,14H2,1H3,(H,22,23,24). The van der Waals surface area contributed by atoms with Gasteiger partial charge >= 0.3 is 0 Å². The molecule has 0 bridgehead atoms. The highest BCUT2D eigenvalue weighted by Crippen LogP contribution is 2.27. The first kappa shape index (κ1) is 16.5. The lowest BCUT2D eigenvalue weighted by atomic mass is 9.96. The second kappa shape index (κ2) is 7.12. The van der Waals surface area contributed by atoms with Crippen LogP contribution in [-0.2, 0) is 0 Å². The maximum absolute atomic E-state index is 12.8. The maximum atomic E-state index is 12.8. The SMILES string of the molecule is Cc1cccc(C(=O)N2CCCC(c3nc(-c4ccccc4)n[nH]3)C2)c1. The van der Waals surface area contributed by atoms with Gasteiger partial charge in [-0.1, -0.05) is 48.0 Å². The molecule has 3 aromatic rings. The molecule has 1 atom stereocenters. The summed E-state index contributed by atoms with van der Waals surface area (Å²) in [6.07, 6.45) is 1.99. The first-order chi connectivity index (χ1) is 12.7. The number of aromatic nitrogens is 3. The fraction of sp³-hybridized carbons (Fsp3) is 0.286. The number of piperidine rings is 1. The predicted molar refractivity (Wildman–Crippen MR) is 101 cm³/mol. The van der Waals surface area contributed by atoms with E-state index in [1.54, 1.807) is 0 Å². The highest BCUT2D eigenvalue weighted by Gasteiger charge is 2.27. The Bertz CT molecular complexity index is 903. The Kier molecular flexibility index (Phi) is 4.52. The zero-order valence-corrected chi connectivity index (χ0v) is 14.9. The zero-order chi connectivity index (χ0) is 17.9. The van der Waals surface area contributed by atoms with Gasteiger partial charge in [0.2, 0.25) is 0 Å². The summed E-state index contributed by atoms with van der Waals surface area (Å²) in [6, 6.07) is 17.7. The van der Waals surface area contributed by atoms with Crippen molar-refractivity contribution in [3.8, 4) is 11.4 Å².